The molecule has 1 aliphatic heterocycles. The number of amides is 2. The standard InChI is InChI=1S/C22H28FN3O4/c1-15(2)20(25-21(27)19-4-3-11-30-19)22(28)24-14-18(26-9-12-29-13-10-26)16-5-7-17(23)8-6-16/h3-8,11,15,18,20H,9-10,12-14H2,1-2H3,(H,24,28)(H,25,27). The predicted octanol–water partition coefficient (Wildman–Crippen LogP) is 2.36. The van der Waals surface area contributed by atoms with Gasteiger partial charge in [-0.15, -0.1) is 0 Å². The van der Waals surface area contributed by atoms with Crippen LogP contribution in [0.5, 0.6) is 0 Å². The van der Waals surface area contributed by atoms with Crippen LogP contribution in [0.1, 0.15) is 36.0 Å². The Morgan fingerprint density at radius 2 is 1.83 bits per heavy atom. The van der Waals surface area contributed by atoms with Gasteiger partial charge in [-0.05, 0) is 35.7 Å². The van der Waals surface area contributed by atoms with Gasteiger partial charge in [0.1, 0.15) is 11.9 Å². The summed E-state index contributed by atoms with van der Waals surface area (Å²) in [5.41, 5.74) is 0.916. The van der Waals surface area contributed by atoms with Crippen LogP contribution in [0.3, 0.4) is 0 Å². The quantitative estimate of drug-likeness (QED) is 0.689. The van der Waals surface area contributed by atoms with E-state index < -0.39 is 11.9 Å². The topological polar surface area (TPSA) is 83.8 Å². The number of nitrogens with one attached hydrogen (secondary N) is 2. The molecular formula is C22H28FN3O4. The van der Waals surface area contributed by atoms with E-state index in [4.69, 9.17) is 9.15 Å². The molecule has 1 fully saturated rings. The van der Waals surface area contributed by atoms with Crippen molar-refractivity contribution in [2.45, 2.75) is 25.9 Å². The highest BCUT2D eigenvalue weighted by Gasteiger charge is 2.28. The highest BCUT2D eigenvalue weighted by molar-refractivity contribution is 5.95. The van der Waals surface area contributed by atoms with Gasteiger partial charge in [0.25, 0.3) is 5.91 Å². The molecule has 0 radical (unpaired) electrons. The molecule has 162 valence electrons. The zero-order valence-electron chi connectivity index (χ0n) is 17.3. The molecule has 3 rings (SSSR count). The first kappa shape index (κ1) is 22.0. The Kier molecular flexibility index (Phi) is 7.59. The van der Waals surface area contributed by atoms with E-state index in [-0.39, 0.29) is 29.4 Å². The lowest BCUT2D eigenvalue weighted by Crippen LogP contribution is -2.51. The number of ether oxygens (including phenoxy) is 1. The van der Waals surface area contributed by atoms with Gasteiger partial charge in [0.05, 0.1) is 25.5 Å². The molecule has 8 heteroatoms. The predicted molar refractivity (Wildman–Crippen MR) is 109 cm³/mol. The number of benzene rings is 1. The third-order valence-electron chi connectivity index (χ3n) is 5.19. The number of nitrogens with zero attached hydrogens (tertiary/aromatic N) is 1. The molecule has 1 aliphatic rings. The Morgan fingerprint density at radius 3 is 2.43 bits per heavy atom. The number of halogens is 1. The number of furan rings is 1. The molecule has 2 atom stereocenters. The van der Waals surface area contributed by atoms with Crippen LogP contribution < -0.4 is 10.6 Å². The second kappa shape index (κ2) is 10.4. The third kappa shape index (κ3) is 5.67. The highest BCUT2D eigenvalue weighted by Crippen LogP contribution is 2.22. The molecule has 1 saturated heterocycles. The monoisotopic (exact) mass is 417 g/mol. The summed E-state index contributed by atoms with van der Waals surface area (Å²) in [5, 5.41) is 5.71. The molecule has 1 aromatic heterocycles. The van der Waals surface area contributed by atoms with Gasteiger partial charge in [-0.25, -0.2) is 4.39 Å². The van der Waals surface area contributed by atoms with E-state index in [0.29, 0.717) is 19.8 Å². The maximum absolute atomic E-state index is 13.4. The lowest BCUT2D eigenvalue weighted by molar-refractivity contribution is -0.124. The van der Waals surface area contributed by atoms with Crippen molar-refractivity contribution < 1.29 is 23.1 Å². The molecule has 0 bridgehead atoms. The smallest absolute Gasteiger partial charge is 0.287 e. The van der Waals surface area contributed by atoms with Crippen LogP contribution in [-0.4, -0.2) is 55.6 Å². The molecule has 2 amide bonds. The largest absolute Gasteiger partial charge is 0.459 e. The third-order valence-corrected chi connectivity index (χ3v) is 5.19. The maximum atomic E-state index is 13.4. The first-order valence-electron chi connectivity index (χ1n) is 10.1. The fraction of sp³-hybridized carbons (Fsp3) is 0.455. The maximum Gasteiger partial charge on any atom is 0.287 e. The molecule has 2 N–H and O–H groups in total. The van der Waals surface area contributed by atoms with Crippen LogP contribution in [0.2, 0.25) is 0 Å². The van der Waals surface area contributed by atoms with Crippen LogP contribution in [0.15, 0.2) is 47.1 Å². The molecular weight excluding hydrogens is 389 g/mol. The molecule has 7 nitrogen and oxygen atoms in total. The van der Waals surface area contributed by atoms with Crippen LogP contribution >= 0.6 is 0 Å². The van der Waals surface area contributed by atoms with Gasteiger partial charge in [-0.1, -0.05) is 26.0 Å². The van der Waals surface area contributed by atoms with Crippen LogP contribution in [0, 0.1) is 11.7 Å². The van der Waals surface area contributed by atoms with Crippen molar-refractivity contribution in [1.29, 1.82) is 0 Å². The van der Waals surface area contributed by atoms with Gasteiger partial charge in [-0.2, -0.15) is 0 Å². The van der Waals surface area contributed by atoms with E-state index in [9.17, 15) is 14.0 Å². The average Bonchev–Trinajstić information content (AvgIpc) is 3.29. The Hall–Kier alpha value is -2.71. The number of carbonyl (C=O) groups excluding carboxylic acids is 2. The summed E-state index contributed by atoms with van der Waals surface area (Å²) in [5.74, 6) is -0.964. The normalized spacial score (nSPS) is 16.8. The van der Waals surface area contributed by atoms with E-state index in [1.54, 1.807) is 24.3 Å². The van der Waals surface area contributed by atoms with Gasteiger partial charge in [0.2, 0.25) is 5.91 Å². The second-order valence-corrected chi connectivity index (χ2v) is 7.63. The van der Waals surface area contributed by atoms with Crippen molar-refractivity contribution in [3.05, 3.63) is 59.8 Å². The van der Waals surface area contributed by atoms with Crippen molar-refractivity contribution >= 4 is 11.8 Å². The number of hydrogen-bond acceptors (Lipinski definition) is 5. The van der Waals surface area contributed by atoms with Crippen molar-refractivity contribution in [3.63, 3.8) is 0 Å². The fourth-order valence-electron chi connectivity index (χ4n) is 3.49. The van der Waals surface area contributed by atoms with Crippen molar-refractivity contribution in [3.8, 4) is 0 Å². The molecule has 30 heavy (non-hydrogen) atoms. The Bertz CT molecular complexity index is 817. The van der Waals surface area contributed by atoms with Gasteiger partial charge in [0, 0.05) is 19.6 Å². The minimum atomic E-state index is -0.707. The average molecular weight is 417 g/mol. The number of carbonyl (C=O) groups is 2. The summed E-state index contributed by atoms with van der Waals surface area (Å²) < 4.78 is 23.9. The first-order chi connectivity index (χ1) is 14.5. The molecule has 1 aromatic carbocycles. The van der Waals surface area contributed by atoms with E-state index in [1.807, 2.05) is 13.8 Å². The lowest BCUT2D eigenvalue weighted by atomic mass is 10.0. The van der Waals surface area contributed by atoms with Gasteiger partial charge in [-0.3, -0.25) is 14.5 Å². The highest BCUT2D eigenvalue weighted by atomic mass is 19.1. The number of rotatable bonds is 8. The molecule has 2 heterocycles. The first-order valence-corrected chi connectivity index (χ1v) is 10.1. The minimum Gasteiger partial charge on any atom is -0.459 e. The zero-order valence-corrected chi connectivity index (χ0v) is 17.3. The van der Waals surface area contributed by atoms with Crippen LogP contribution in [-0.2, 0) is 9.53 Å². The SMILES string of the molecule is CC(C)C(NC(=O)c1ccco1)C(=O)NCC(c1ccc(F)cc1)N1CCOCC1. The summed E-state index contributed by atoms with van der Waals surface area (Å²) in [6.45, 7) is 6.74. The van der Waals surface area contributed by atoms with Gasteiger partial charge >= 0.3 is 0 Å². The fourth-order valence-corrected chi connectivity index (χ4v) is 3.49. The van der Waals surface area contributed by atoms with Crippen LogP contribution in [0.25, 0.3) is 0 Å². The van der Waals surface area contributed by atoms with E-state index >= 15 is 0 Å². The summed E-state index contributed by atoms with van der Waals surface area (Å²) in [4.78, 5) is 27.4. The van der Waals surface area contributed by atoms with E-state index in [1.165, 1.54) is 18.4 Å². The van der Waals surface area contributed by atoms with E-state index in [0.717, 1.165) is 18.7 Å². The van der Waals surface area contributed by atoms with Crippen LogP contribution in [0.4, 0.5) is 4.39 Å². The summed E-state index contributed by atoms with van der Waals surface area (Å²) in [6.07, 6.45) is 1.41. The molecule has 2 unspecified atom stereocenters. The van der Waals surface area contributed by atoms with Crippen molar-refractivity contribution in [2.24, 2.45) is 5.92 Å². The summed E-state index contributed by atoms with van der Waals surface area (Å²) >= 11 is 0. The summed E-state index contributed by atoms with van der Waals surface area (Å²) in [7, 11) is 0. The lowest BCUT2D eigenvalue weighted by Gasteiger charge is -2.35. The Morgan fingerprint density at radius 1 is 1.13 bits per heavy atom. The molecule has 0 spiro atoms. The van der Waals surface area contributed by atoms with Gasteiger partial charge < -0.3 is 19.8 Å². The molecule has 2 aromatic rings. The second-order valence-electron chi connectivity index (χ2n) is 7.63. The molecule has 0 saturated carbocycles. The summed E-state index contributed by atoms with van der Waals surface area (Å²) in [6, 6.07) is 8.66. The zero-order chi connectivity index (χ0) is 21.5. The minimum absolute atomic E-state index is 0.114. The molecule has 0 aliphatic carbocycles. The van der Waals surface area contributed by atoms with Crippen molar-refractivity contribution in [1.82, 2.24) is 15.5 Å². The van der Waals surface area contributed by atoms with E-state index in [2.05, 4.69) is 15.5 Å². The van der Waals surface area contributed by atoms with Gasteiger partial charge in [0.15, 0.2) is 5.76 Å². The number of morpholine rings is 1. The Labute approximate surface area is 175 Å². The number of hydrogen-bond donors (Lipinski definition) is 2. The van der Waals surface area contributed by atoms with Crippen molar-refractivity contribution in [2.75, 3.05) is 32.8 Å². The Balaban J connectivity index is 1.68.